The van der Waals surface area contributed by atoms with Gasteiger partial charge >= 0.3 is 5.97 Å². The van der Waals surface area contributed by atoms with Gasteiger partial charge in [-0.1, -0.05) is 5.16 Å². The van der Waals surface area contributed by atoms with Crippen LogP contribution < -0.4 is 5.32 Å². The Balaban J connectivity index is 1.71. The van der Waals surface area contributed by atoms with Gasteiger partial charge in [-0.05, 0) is 32.4 Å². The van der Waals surface area contributed by atoms with Crippen molar-refractivity contribution in [2.45, 2.75) is 38.5 Å². The van der Waals surface area contributed by atoms with Gasteiger partial charge in [0.05, 0.1) is 17.6 Å². The molecule has 0 unspecified atom stereocenters. The lowest BCUT2D eigenvalue weighted by Crippen LogP contribution is -2.56. The first-order valence-electron chi connectivity index (χ1n) is 9.55. The highest BCUT2D eigenvalue weighted by atomic mass is 19.1. The van der Waals surface area contributed by atoms with Crippen LogP contribution in [0.2, 0.25) is 0 Å². The van der Waals surface area contributed by atoms with Crippen molar-refractivity contribution in [3.63, 3.8) is 0 Å². The van der Waals surface area contributed by atoms with E-state index >= 15 is 0 Å². The standard InChI is InChI=1S/C20H23F2N3O5/c1-10(11(2)26)25-6-5-16(14(9-25)20(28)29)23-19(27)17-8-18(30-24-17)13-4-3-12(21)7-15(13)22/h3-4,7-8,10-11,14,16,26H,5-6,9H2,1-2H3,(H,23,27)(H,28,29)/t10-,11-,14+,16+/m0/s1. The van der Waals surface area contributed by atoms with E-state index in [9.17, 15) is 28.6 Å². The molecule has 1 aliphatic rings. The number of carboxylic acids is 1. The van der Waals surface area contributed by atoms with Crippen LogP contribution in [0, 0.1) is 17.6 Å². The van der Waals surface area contributed by atoms with E-state index in [1.54, 1.807) is 6.92 Å². The molecule has 30 heavy (non-hydrogen) atoms. The summed E-state index contributed by atoms with van der Waals surface area (Å²) in [6.07, 6.45) is -0.247. The molecule has 3 N–H and O–H groups in total. The van der Waals surface area contributed by atoms with Gasteiger partial charge in [0.15, 0.2) is 11.5 Å². The number of benzene rings is 1. The number of amides is 1. The van der Waals surface area contributed by atoms with Gasteiger partial charge in [0.1, 0.15) is 11.6 Å². The van der Waals surface area contributed by atoms with E-state index in [0.29, 0.717) is 19.0 Å². The Morgan fingerprint density at radius 2 is 2.03 bits per heavy atom. The maximum Gasteiger partial charge on any atom is 0.309 e. The molecular weight excluding hydrogens is 400 g/mol. The first-order valence-corrected chi connectivity index (χ1v) is 9.55. The third-order valence-electron chi connectivity index (χ3n) is 5.49. The van der Waals surface area contributed by atoms with Crippen LogP contribution in [0.4, 0.5) is 8.78 Å². The van der Waals surface area contributed by atoms with E-state index in [1.807, 2.05) is 11.8 Å². The van der Waals surface area contributed by atoms with Gasteiger partial charge in [-0.15, -0.1) is 0 Å². The lowest BCUT2D eigenvalue weighted by atomic mass is 9.90. The Morgan fingerprint density at radius 3 is 2.67 bits per heavy atom. The van der Waals surface area contributed by atoms with Crippen LogP contribution in [0.25, 0.3) is 11.3 Å². The molecule has 0 bridgehead atoms. The molecule has 1 amide bonds. The van der Waals surface area contributed by atoms with E-state index in [4.69, 9.17) is 4.52 Å². The summed E-state index contributed by atoms with van der Waals surface area (Å²) < 4.78 is 32.0. The molecule has 3 rings (SSSR count). The molecule has 1 fully saturated rings. The molecule has 1 aromatic carbocycles. The van der Waals surface area contributed by atoms with Crippen molar-refractivity contribution < 1.29 is 33.1 Å². The minimum atomic E-state index is -1.06. The molecule has 4 atom stereocenters. The molecule has 162 valence electrons. The van der Waals surface area contributed by atoms with Gasteiger partial charge in [0, 0.05) is 37.3 Å². The number of carbonyl (C=O) groups excluding carboxylic acids is 1. The molecule has 0 saturated carbocycles. The number of halogens is 2. The van der Waals surface area contributed by atoms with Crippen LogP contribution in [0.1, 0.15) is 30.8 Å². The lowest BCUT2D eigenvalue weighted by Gasteiger charge is -2.40. The topological polar surface area (TPSA) is 116 Å². The second-order valence-corrected chi connectivity index (χ2v) is 7.49. The van der Waals surface area contributed by atoms with Crippen molar-refractivity contribution >= 4 is 11.9 Å². The summed E-state index contributed by atoms with van der Waals surface area (Å²) in [5.74, 6) is -4.23. The predicted molar refractivity (Wildman–Crippen MR) is 102 cm³/mol. The second-order valence-electron chi connectivity index (χ2n) is 7.49. The predicted octanol–water partition coefficient (Wildman–Crippen LogP) is 1.89. The fourth-order valence-electron chi connectivity index (χ4n) is 3.52. The van der Waals surface area contributed by atoms with Crippen molar-refractivity contribution in [1.29, 1.82) is 0 Å². The fraction of sp³-hybridized carbons (Fsp3) is 0.450. The molecule has 0 spiro atoms. The van der Waals surface area contributed by atoms with E-state index in [2.05, 4.69) is 10.5 Å². The smallest absolute Gasteiger partial charge is 0.309 e. The number of aromatic nitrogens is 1. The first kappa shape index (κ1) is 21.8. The van der Waals surface area contributed by atoms with Crippen LogP contribution >= 0.6 is 0 Å². The number of likely N-dealkylation sites (tertiary alicyclic amines) is 1. The minimum absolute atomic E-state index is 0.0481. The Hall–Kier alpha value is -2.85. The Bertz CT molecular complexity index is 933. The zero-order valence-corrected chi connectivity index (χ0v) is 16.5. The summed E-state index contributed by atoms with van der Waals surface area (Å²) in [5.41, 5.74) is -0.190. The van der Waals surface area contributed by atoms with Gasteiger partial charge in [-0.2, -0.15) is 0 Å². The van der Waals surface area contributed by atoms with E-state index < -0.39 is 41.6 Å². The number of aliphatic hydroxyl groups excluding tert-OH is 1. The van der Waals surface area contributed by atoms with Crippen molar-refractivity contribution in [1.82, 2.24) is 15.4 Å². The fourth-order valence-corrected chi connectivity index (χ4v) is 3.52. The zero-order chi connectivity index (χ0) is 22.0. The molecule has 1 aliphatic heterocycles. The summed E-state index contributed by atoms with van der Waals surface area (Å²) in [7, 11) is 0. The Morgan fingerprint density at radius 1 is 1.30 bits per heavy atom. The summed E-state index contributed by atoms with van der Waals surface area (Å²) >= 11 is 0. The lowest BCUT2D eigenvalue weighted by molar-refractivity contribution is -0.145. The molecule has 0 aliphatic carbocycles. The molecule has 1 saturated heterocycles. The number of carbonyl (C=O) groups is 2. The van der Waals surface area contributed by atoms with Gasteiger partial charge in [-0.3, -0.25) is 14.5 Å². The normalized spacial score (nSPS) is 21.8. The van der Waals surface area contributed by atoms with Gasteiger partial charge in [-0.25, -0.2) is 8.78 Å². The number of carboxylic acid groups (broad SMARTS) is 1. The van der Waals surface area contributed by atoms with Crippen molar-refractivity contribution in [2.24, 2.45) is 5.92 Å². The second kappa shape index (κ2) is 8.88. The molecular formula is C20H23F2N3O5. The number of nitrogens with zero attached hydrogens (tertiary/aromatic N) is 2. The maximum absolute atomic E-state index is 13.9. The maximum atomic E-state index is 13.9. The number of aliphatic hydroxyl groups is 1. The minimum Gasteiger partial charge on any atom is -0.481 e. The molecule has 2 aromatic rings. The number of piperidine rings is 1. The Kier molecular flexibility index (Phi) is 6.47. The number of aliphatic carboxylic acids is 1. The highest BCUT2D eigenvalue weighted by molar-refractivity contribution is 5.93. The van der Waals surface area contributed by atoms with Crippen molar-refractivity contribution in [2.75, 3.05) is 13.1 Å². The SMILES string of the molecule is C[C@H](O)[C@H](C)N1CC[C@@H](NC(=O)c2cc(-c3ccc(F)cc3F)on2)[C@H](C(=O)O)C1. The third kappa shape index (κ3) is 4.65. The van der Waals surface area contributed by atoms with E-state index in [-0.39, 0.29) is 29.6 Å². The van der Waals surface area contributed by atoms with Crippen LogP contribution in [0.3, 0.4) is 0 Å². The summed E-state index contributed by atoms with van der Waals surface area (Å²) in [6.45, 7) is 4.14. The molecule has 2 heterocycles. The molecule has 8 nitrogen and oxygen atoms in total. The van der Waals surface area contributed by atoms with Crippen LogP contribution in [-0.2, 0) is 4.79 Å². The van der Waals surface area contributed by atoms with Crippen LogP contribution in [-0.4, -0.2) is 63.4 Å². The van der Waals surface area contributed by atoms with E-state index in [1.165, 1.54) is 12.1 Å². The van der Waals surface area contributed by atoms with Gasteiger partial charge in [0.25, 0.3) is 5.91 Å². The van der Waals surface area contributed by atoms with Crippen LogP contribution in [0.15, 0.2) is 28.8 Å². The largest absolute Gasteiger partial charge is 0.481 e. The quantitative estimate of drug-likeness (QED) is 0.650. The Labute approximate surface area is 171 Å². The van der Waals surface area contributed by atoms with Gasteiger partial charge in [0.2, 0.25) is 0 Å². The van der Waals surface area contributed by atoms with Crippen molar-refractivity contribution in [3.05, 3.63) is 41.6 Å². The average molecular weight is 423 g/mol. The van der Waals surface area contributed by atoms with Crippen LogP contribution in [0.5, 0.6) is 0 Å². The zero-order valence-electron chi connectivity index (χ0n) is 16.5. The summed E-state index contributed by atoms with van der Waals surface area (Å²) in [5, 5.41) is 25.6. The van der Waals surface area contributed by atoms with Gasteiger partial charge < -0.3 is 20.1 Å². The van der Waals surface area contributed by atoms with E-state index in [0.717, 1.165) is 6.07 Å². The summed E-state index contributed by atoms with van der Waals surface area (Å²) in [6, 6.07) is 3.28. The number of rotatable bonds is 6. The van der Waals surface area contributed by atoms with Crippen molar-refractivity contribution in [3.8, 4) is 11.3 Å². The first-order chi connectivity index (χ1) is 14.2. The monoisotopic (exact) mass is 423 g/mol. The summed E-state index contributed by atoms with van der Waals surface area (Å²) in [4.78, 5) is 26.2. The number of hydrogen-bond acceptors (Lipinski definition) is 6. The highest BCUT2D eigenvalue weighted by Crippen LogP contribution is 2.25. The number of nitrogens with one attached hydrogen (secondary N) is 1. The number of hydrogen-bond donors (Lipinski definition) is 3. The average Bonchev–Trinajstić information content (AvgIpc) is 3.17. The molecule has 0 radical (unpaired) electrons. The molecule has 1 aromatic heterocycles. The molecule has 10 heteroatoms. The highest BCUT2D eigenvalue weighted by Gasteiger charge is 2.37. The third-order valence-corrected chi connectivity index (χ3v) is 5.49.